The molecule has 4 rings (SSSR count). The van der Waals surface area contributed by atoms with Crippen molar-refractivity contribution in [1.29, 1.82) is 0 Å². The van der Waals surface area contributed by atoms with Crippen LogP contribution in [0.15, 0.2) is 102 Å². The van der Waals surface area contributed by atoms with Gasteiger partial charge in [-0.2, -0.15) is 0 Å². The third-order valence-electron chi connectivity index (χ3n) is 7.45. The van der Waals surface area contributed by atoms with Crippen molar-refractivity contribution in [1.82, 2.24) is 10.2 Å². The summed E-state index contributed by atoms with van der Waals surface area (Å²) in [5.41, 5.74) is 2.22. The molecular formula is C35H36Cl2FN3O4S. The van der Waals surface area contributed by atoms with Gasteiger partial charge in [0.05, 0.1) is 20.6 Å². The quantitative estimate of drug-likeness (QED) is 0.143. The van der Waals surface area contributed by atoms with E-state index in [1.807, 2.05) is 44.2 Å². The lowest BCUT2D eigenvalue weighted by Gasteiger charge is -2.34. The number of unbranched alkanes of at least 4 members (excludes halogenated alkanes) is 1. The third kappa shape index (κ3) is 8.87. The van der Waals surface area contributed by atoms with Crippen molar-refractivity contribution in [3.63, 3.8) is 0 Å². The molecule has 0 aliphatic rings. The molecule has 4 aromatic rings. The minimum Gasteiger partial charge on any atom is -0.354 e. The first kappa shape index (κ1) is 34.9. The van der Waals surface area contributed by atoms with E-state index in [1.165, 1.54) is 53.4 Å². The van der Waals surface area contributed by atoms with Crippen LogP contribution in [0.1, 0.15) is 36.5 Å². The Hall–Kier alpha value is -3.92. The van der Waals surface area contributed by atoms with Crippen LogP contribution in [0.25, 0.3) is 0 Å². The Labute approximate surface area is 280 Å². The van der Waals surface area contributed by atoms with Gasteiger partial charge in [-0.3, -0.25) is 13.9 Å². The molecule has 1 atom stereocenters. The first-order valence-electron chi connectivity index (χ1n) is 14.9. The Morgan fingerprint density at radius 2 is 1.54 bits per heavy atom. The lowest BCUT2D eigenvalue weighted by molar-refractivity contribution is -0.140. The summed E-state index contributed by atoms with van der Waals surface area (Å²) in [6, 6.07) is 24.6. The molecule has 0 saturated heterocycles. The maximum atomic E-state index is 14.5. The summed E-state index contributed by atoms with van der Waals surface area (Å²) in [6.45, 7) is 3.47. The van der Waals surface area contributed by atoms with Crippen LogP contribution in [0.4, 0.5) is 10.1 Å². The zero-order chi connectivity index (χ0) is 33.3. The van der Waals surface area contributed by atoms with Crippen LogP contribution in [0.5, 0.6) is 0 Å². The highest BCUT2D eigenvalue weighted by molar-refractivity contribution is 7.92. The molecule has 4 aromatic carbocycles. The van der Waals surface area contributed by atoms with E-state index in [4.69, 9.17) is 23.2 Å². The summed E-state index contributed by atoms with van der Waals surface area (Å²) in [6.07, 6.45) is 1.76. The number of benzene rings is 4. The molecule has 0 aliphatic carbocycles. The van der Waals surface area contributed by atoms with Gasteiger partial charge < -0.3 is 10.2 Å². The molecule has 0 spiro atoms. The predicted octanol–water partition coefficient (Wildman–Crippen LogP) is 7.19. The largest absolute Gasteiger partial charge is 0.354 e. The SMILES string of the molecule is CCCCNC(=O)C(Cc1ccccc1)N(Cc1ccc(F)cc1)C(=O)CN(c1cccc(Cl)c1Cl)S(=O)(=O)c1ccc(C)cc1. The van der Waals surface area contributed by atoms with E-state index < -0.39 is 34.3 Å². The number of sulfonamides is 1. The van der Waals surface area contributed by atoms with E-state index in [9.17, 15) is 22.4 Å². The van der Waals surface area contributed by atoms with Crippen molar-refractivity contribution in [3.8, 4) is 0 Å². The summed E-state index contributed by atoms with van der Waals surface area (Å²) in [7, 11) is -4.35. The van der Waals surface area contributed by atoms with E-state index >= 15 is 0 Å². The highest BCUT2D eigenvalue weighted by Crippen LogP contribution is 2.35. The number of hydrogen-bond donors (Lipinski definition) is 1. The van der Waals surface area contributed by atoms with Crippen LogP contribution >= 0.6 is 23.2 Å². The molecule has 0 fully saturated rings. The number of carbonyl (C=O) groups excluding carboxylic acids is 2. The number of amides is 2. The van der Waals surface area contributed by atoms with Gasteiger partial charge in [0, 0.05) is 19.5 Å². The molecule has 0 heterocycles. The number of rotatable bonds is 14. The van der Waals surface area contributed by atoms with E-state index in [2.05, 4.69) is 5.32 Å². The Balaban J connectivity index is 1.81. The highest BCUT2D eigenvalue weighted by atomic mass is 35.5. The van der Waals surface area contributed by atoms with Crippen molar-refractivity contribution in [2.45, 2.75) is 50.6 Å². The Morgan fingerprint density at radius 1 is 0.870 bits per heavy atom. The van der Waals surface area contributed by atoms with Gasteiger partial charge in [-0.25, -0.2) is 12.8 Å². The molecule has 7 nitrogen and oxygen atoms in total. The maximum absolute atomic E-state index is 14.5. The third-order valence-corrected chi connectivity index (χ3v) is 10.0. The van der Waals surface area contributed by atoms with E-state index in [-0.39, 0.29) is 39.5 Å². The van der Waals surface area contributed by atoms with Gasteiger partial charge in [0.25, 0.3) is 10.0 Å². The molecule has 0 aliphatic heterocycles. The number of nitrogens with zero attached hydrogens (tertiary/aromatic N) is 2. The Bertz CT molecular complexity index is 1740. The Morgan fingerprint density at radius 3 is 2.20 bits per heavy atom. The predicted molar refractivity (Wildman–Crippen MR) is 181 cm³/mol. The fourth-order valence-electron chi connectivity index (χ4n) is 4.88. The molecule has 0 saturated carbocycles. The summed E-state index contributed by atoms with van der Waals surface area (Å²) in [5.74, 6) is -1.50. The van der Waals surface area contributed by atoms with Gasteiger partial charge in [0.15, 0.2) is 0 Å². The molecule has 0 bridgehead atoms. The molecule has 242 valence electrons. The molecule has 2 amide bonds. The second-order valence-electron chi connectivity index (χ2n) is 10.9. The number of halogens is 3. The molecule has 0 radical (unpaired) electrons. The summed E-state index contributed by atoms with van der Waals surface area (Å²) >= 11 is 12.8. The number of nitrogens with one attached hydrogen (secondary N) is 1. The first-order valence-corrected chi connectivity index (χ1v) is 17.1. The van der Waals surface area contributed by atoms with Crippen molar-refractivity contribution < 1.29 is 22.4 Å². The average Bonchev–Trinajstić information content (AvgIpc) is 3.04. The zero-order valence-corrected chi connectivity index (χ0v) is 28.0. The maximum Gasteiger partial charge on any atom is 0.264 e. The van der Waals surface area contributed by atoms with Crippen LogP contribution in [0.2, 0.25) is 10.0 Å². The van der Waals surface area contributed by atoms with Crippen LogP contribution in [0, 0.1) is 12.7 Å². The standard InChI is InChI=1S/C35H36Cl2FN3O4S/c1-3-4-21-39-35(43)32(22-26-9-6-5-7-10-26)40(23-27-15-17-28(38)18-16-27)33(42)24-41(31-12-8-11-30(36)34(31)37)46(44,45)29-19-13-25(2)14-20-29/h5-20,32H,3-4,21-24H2,1-2H3,(H,39,43). The monoisotopic (exact) mass is 683 g/mol. The van der Waals surface area contributed by atoms with Gasteiger partial charge in [-0.1, -0.05) is 103 Å². The van der Waals surface area contributed by atoms with Crippen LogP contribution in [-0.4, -0.2) is 44.3 Å². The highest BCUT2D eigenvalue weighted by Gasteiger charge is 2.35. The van der Waals surface area contributed by atoms with E-state index in [1.54, 1.807) is 18.2 Å². The van der Waals surface area contributed by atoms with Crippen molar-refractivity contribution in [2.75, 3.05) is 17.4 Å². The van der Waals surface area contributed by atoms with Crippen molar-refractivity contribution in [2.24, 2.45) is 0 Å². The van der Waals surface area contributed by atoms with Crippen LogP contribution in [0.3, 0.4) is 0 Å². The summed E-state index contributed by atoms with van der Waals surface area (Å²) in [4.78, 5) is 29.6. The minimum absolute atomic E-state index is 0.0110. The second-order valence-corrected chi connectivity index (χ2v) is 13.5. The van der Waals surface area contributed by atoms with Gasteiger partial charge in [-0.05, 0) is 60.9 Å². The summed E-state index contributed by atoms with van der Waals surface area (Å²) < 4.78 is 43.1. The van der Waals surface area contributed by atoms with E-state index in [0.29, 0.717) is 12.1 Å². The van der Waals surface area contributed by atoms with Gasteiger partial charge in [0.1, 0.15) is 18.4 Å². The Kier molecular flexibility index (Phi) is 12.2. The molecule has 46 heavy (non-hydrogen) atoms. The zero-order valence-electron chi connectivity index (χ0n) is 25.6. The van der Waals surface area contributed by atoms with Crippen LogP contribution < -0.4 is 9.62 Å². The average molecular weight is 685 g/mol. The lowest BCUT2D eigenvalue weighted by Crippen LogP contribution is -2.53. The first-order chi connectivity index (χ1) is 22.0. The minimum atomic E-state index is -4.35. The molecule has 11 heteroatoms. The topological polar surface area (TPSA) is 86.8 Å². The number of carbonyl (C=O) groups is 2. The van der Waals surface area contributed by atoms with Gasteiger partial charge >= 0.3 is 0 Å². The molecular weight excluding hydrogens is 648 g/mol. The lowest BCUT2D eigenvalue weighted by atomic mass is 10.0. The normalized spacial score (nSPS) is 11.9. The van der Waals surface area contributed by atoms with Crippen molar-refractivity contribution >= 4 is 50.7 Å². The van der Waals surface area contributed by atoms with Gasteiger partial charge in [0.2, 0.25) is 11.8 Å². The fourth-order valence-corrected chi connectivity index (χ4v) is 6.76. The molecule has 0 aromatic heterocycles. The fraction of sp³-hybridized carbons (Fsp3) is 0.257. The van der Waals surface area contributed by atoms with Crippen LogP contribution in [-0.2, 0) is 32.6 Å². The molecule has 1 unspecified atom stereocenters. The van der Waals surface area contributed by atoms with Gasteiger partial charge in [-0.15, -0.1) is 0 Å². The number of hydrogen-bond acceptors (Lipinski definition) is 4. The summed E-state index contributed by atoms with van der Waals surface area (Å²) in [5, 5.41) is 3.00. The molecule has 1 N–H and O–H groups in total. The van der Waals surface area contributed by atoms with E-state index in [0.717, 1.165) is 28.3 Å². The second kappa shape index (κ2) is 16.1. The number of aryl methyl sites for hydroxylation is 1. The number of anilines is 1. The smallest absolute Gasteiger partial charge is 0.264 e. The van der Waals surface area contributed by atoms with Crippen molar-refractivity contribution in [3.05, 3.63) is 130 Å².